The van der Waals surface area contributed by atoms with Gasteiger partial charge in [-0.15, -0.1) is 0 Å². The van der Waals surface area contributed by atoms with Crippen molar-refractivity contribution in [2.75, 3.05) is 19.6 Å². The molecule has 1 atom stereocenters. The first-order valence-corrected chi connectivity index (χ1v) is 8.33. The molecule has 1 amide bonds. The smallest absolute Gasteiger partial charge is 0.209 e. The van der Waals surface area contributed by atoms with Crippen LogP contribution in [0.2, 0.25) is 0 Å². The summed E-state index contributed by atoms with van der Waals surface area (Å²) in [6.07, 6.45) is 7.89. The molecule has 0 bridgehead atoms. The third-order valence-electron chi connectivity index (χ3n) is 4.17. The normalized spacial score (nSPS) is 20.6. The van der Waals surface area contributed by atoms with Gasteiger partial charge in [0, 0.05) is 18.6 Å². The molecule has 0 aromatic rings. The Morgan fingerprint density at radius 3 is 2.77 bits per heavy atom. The molecule has 1 unspecified atom stereocenters. The fraction of sp³-hybridized carbons (Fsp3) is 0.722. The lowest BCUT2D eigenvalue weighted by Gasteiger charge is -2.29. The van der Waals surface area contributed by atoms with Crippen molar-refractivity contribution >= 4 is 6.41 Å². The number of carbonyl (C=O) groups is 1. The fourth-order valence-electron chi connectivity index (χ4n) is 3.08. The van der Waals surface area contributed by atoms with Crippen molar-refractivity contribution in [3.63, 3.8) is 0 Å². The fourth-order valence-corrected chi connectivity index (χ4v) is 3.08. The maximum Gasteiger partial charge on any atom is 0.209 e. The Hall–Kier alpha value is -1.16. The van der Waals surface area contributed by atoms with Gasteiger partial charge in [-0.2, -0.15) is 0 Å². The van der Waals surface area contributed by atoms with E-state index in [2.05, 4.69) is 19.2 Å². The monoisotopic (exact) mass is 310 g/mol. The molecule has 1 heterocycles. The maximum absolute atomic E-state index is 13.4. The highest BCUT2D eigenvalue weighted by atomic mass is 19.1. The van der Waals surface area contributed by atoms with Crippen LogP contribution in [-0.4, -0.2) is 36.5 Å². The molecule has 1 rings (SSSR count). The van der Waals surface area contributed by atoms with Gasteiger partial charge in [-0.25, -0.2) is 4.39 Å². The Morgan fingerprint density at radius 2 is 2.18 bits per heavy atom. The van der Waals surface area contributed by atoms with E-state index in [1.54, 1.807) is 12.2 Å². The van der Waals surface area contributed by atoms with E-state index in [4.69, 9.17) is 0 Å². The second-order valence-electron chi connectivity index (χ2n) is 7.01. The van der Waals surface area contributed by atoms with Crippen LogP contribution in [0.15, 0.2) is 23.6 Å². The predicted molar refractivity (Wildman–Crippen MR) is 90.3 cm³/mol. The highest BCUT2D eigenvalue weighted by Gasteiger charge is 2.27. The average Bonchev–Trinajstić information content (AvgIpc) is 2.85. The molecule has 1 saturated heterocycles. The standard InChI is InChI=1S/C18H31FN2O/c1-5-6-17(19)11-15(2)7-9-20-18(3,4)12-16-8-10-21(13-16)14-22/h6,11,14,16,20H,5,7-10,12-13H2,1-4H3/b15-11+,17-6+. The predicted octanol–water partition coefficient (Wildman–Crippen LogP) is 3.82. The van der Waals surface area contributed by atoms with Crippen LogP contribution in [0.25, 0.3) is 0 Å². The topological polar surface area (TPSA) is 32.3 Å². The van der Waals surface area contributed by atoms with Gasteiger partial charge in [0.05, 0.1) is 0 Å². The van der Waals surface area contributed by atoms with Crippen LogP contribution in [0.3, 0.4) is 0 Å². The first-order valence-electron chi connectivity index (χ1n) is 8.33. The van der Waals surface area contributed by atoms with Crippen molar-refractivity contribution < 1.29 is 9.18 Å². The number of halogens is 1. The van der Waals surface area contributed by atoms with Gasteiger partial charge in [-0.3, -0.25) is 4.79 Å². The Bertz CT molecular complexity index is 415. The number of hydrogen-bond donors (Lipinski definition) is 1. The van der Waals surface area contributed by atoms with Crippen LogP contribution in [0.4, 0.5) is 4.39 Å². The van der Waals surface area contributed by atoms with Crippen molar-refractivity contribution in [3.05, 3.63) is 23.6 Å². The van der Waals surface area contributed by atoms with Crippen molar-refractivity contribution in [1.29, 1.82) is 0 Å². The van der Waals surface area contributed by atoms with Crippen molar-refractivity contribution in [2.45, 2.75) is 58.9 Å². The molecule has 1 aliphatic heterocycles. The Morgan fingerprint density at radius 1 is 1.45 bits per heavy atom. The first-order chi connectivity index (χ1) is 10.4. The summed E-state index contributed by atoms with van der Waals surface area (Å²) in [5.74, 6) is 0.438. The zero-order valence-electron chi connectivity index (χ0n) is 14.5. The molecule has 1 aliphatic rings. The molecule has 0 aliphatic carbocycles. The van der Waals surface area contributed by atoms with Gasteiger partial charge in [-0.05, 0) is 71.1 Å². The van der Waals surface area contributed by atoms with E-state index in [0.29, 0.717) is 5.92 Å². The van der Waals surface area contributed by atoms with Crippen molar-refractivity contribution in [3.8, 4) is 0 Å². The van der Waals surface area contributed by atoms with Gasteiger partial charge in [0.15, 0.2) is 0 Å². The molecule has 0 aromatic carbocycles. The molecule has 126 valence electrons. The number of nitrogens with zero attached hydrogens (tertiary/aromatic N) is 1. The third-order valence-corrected chi connectivity index (χ3v) is 4.17. The number of carbonyl (C=O) groups excluding carboxylic acids is 1. The molecule has 0 spiro atoms. The van der Waals surface area contributed by atoms with Crippen molar-refractivity contribution in [1.82, 2.24) is 10.2 Å². The van der Waals surface area contributed by atoms with Crippen LogP contribution in [0.1, 0.15) is 53.4 Å². The van der Waals surface area contributed by atoms with Crippen LogP contribution in [-0.2, 0) is 4.79 Å². The van der Waals surface area contributed by atoms with Crippen LogP contribution < -0.4 is 5.32 Å². The molecule has 4 heteroatoms. The summed E-state index contributed by atoms with van der Waals surface area (Å²) in [6, 6.07) is 0. The summed E-state index contributed by atoms with van der Waals surface area (Å²) < 4.78 is 13.4. The highest BCUT2D eigenvalue weighted by Crippen LogP contribution is 2.24. The van der Waals surface area contributed by atoms with E-state index in [1.807, 2.05) is 18.7 Å². The summed E-state index contributed by atoms with van der Waals surface area (Å²) in [6.45, 7) is 10.9. The van der Waals surface area contributed by atoms with E-state index >= 15 is 0 Å². The third kappa shape index (κ3) is 7.21. The summed E-state index contributed by atoms with van der Waals surface area (Å²) >= 11 is 0. The van der Waals surface area contributed by atoms with Gasteiger partial charge in [0.25, 0.3) is 0 Å². The summed E-state index contributed by atoms with van der Waals surface area (Å²) in [5, 5.41) is 3.57. The minimum absolute atomic E-state index is 0.0433. The molecule has 3 nitrogen and oxygen atoms in total. The number of amides is 1. The molecule has 0 aromatic heterocycles. The van der Waals surface area contributed by atoms with Gasteiger partial charge in [0.1, 0.15) is 5.83 Å². The summed E-state index contributed by atoms with van der Waals surface area (Å²) in [7, 11) is 0. The molecule has 22 heavy (non-hydrogen) atoms. The number of hydrogen-bond acceptors (Lipinski definition) is 2. The lowest BCUT2D eigenvalue weighted by molar-refractivity contribution is -0.117. The SMILES string of the molecule is CC/C=C(F)\C=C(/C)CCNC(C)(C)CC1CCN(C=O)C1. The zero-order chi connectivity index (χ0) is 16.6. The molecule has 0 radical (unpaired) electrons. The van der Waals surface area contributed by atoms with E-state index in [1.165, 1.54) is 0 Å². The molecule has 1 fully saturated rings. The number of rotatable bonds is 9. The Kier molecular flexibility index (Phi) is 7.80. The van der Waals surface area contributed by atoms with Crippen LogP contribution >= 0.6 is 0 Å². The van der Waals surface area contributed by atoms with Gasteiger partial charge in [0.2, 0.25) is 6.41 Å². The van der Waals surface area contributed by atoms with Gasteiger partial charge < -0.3 is 10.2 Å². The second-order valence-corrected chi connectivity index (χ2v) is 7.01. The quantitative estimate of drug-likeness (QED) is 0.518. The number of allylic oxidation sites excluding steroid dienone is 3. The zero-order valence-corrected chi connectivity index (χ0v) is 14.5. The van der Waals surface area contributed by atoms with Gasteiger partial charge in [-0.1, -0.05) is 12.5 Å². The molecule has 1 N–H and O–H groups in total. The lowest BCUT2D eigenvalue weighted by Crippen LogP contribution is -2.42. The average molecular weight is 310 g/mol. The highest BCUT2D eigenvalue weighted by molar-refractivity contribution is 5.47. The first kappa shape index (κ1) is 18.9. The van der Waals surface area contributed by atoms with Gasteiger partial charge >= 0.3 is 0 Å². The summed E-state index contributed by atoms with van der Waals surface area (Å²) in [4.78, 5) is 12.6. The lowest BCUT2D eigenvalue weighted by atomic mass is 9.90. The maximum atomic E-state index is 13.4. The van der Waals surface area contributed by atoms with E-state index < -0.39 is 0 Å². The number of nitrogens with one attached hydrogen (secondary N) is 1. The molecule has 0 saturated carbocycles. The molecular formula is C18H31FN2O. The number of likely N-dealkylation sites (tertiary alicyclic amines) is 1. The summed E-state index contributed by atoms with van der Waals surface area (Å²) in [5.41, 5.74) is 1.10. The minimum Gasteiger partial charge on any atom is -0.345 e. The van der Waals surface area contributed by atoms with E-state index in [-0.39, 0.29) is 11.4 Å². The van der Waals surface area contributed by atoms with E-state index in [9.17, 15) is 9.18 Å². The van der Waals surface area contributed by atoms with Crippen LogP contribution in [0, 0.1) is 5.92 Å². The molecular weight excluding hydrogens is 279 g/mol. The second kappa shape index (κ2) is 9.09. The van der Waals surface area contributed by atoms with E-state index in [0.717, 1.165) is 57.3 Å². The largest absolute Gasteiger partial charge is 0.345 e. The Labute approximate surface area is 134 Å². The van der Waals surface area contributed by atoms with Crippen LogP contribution in [0.5, 0.6) is 0 Å². The van der Waals surface area contributed by atoms with Crippen molar-refractivity contribution in [2.24, 2.45) is 5.92 Å². The Balaban J connectivity index is 2.33. The minimum atomic E-state index is -0.140.